The molecule has 0 aliphatic carbocycles. The fourth-order valence-corrected chi connectivity index (χ4v) is 2.88. The summed E-state index contributed by atoms with van der Waals surface area (Å²) < 4.78 is 16.7. The van der Waals surface area contributed by atoms with Crippen molar-refractivity contribution in [3.63, 3.8) is 0 Å². The third kappa shape index (κ3) is 8.01. The molecule has 1 N–H and O–H groups in total. The molecule has 3 atom stereocenters. The maximum atomic E-state index is 10.1. The molecule has 2 rings (SSSR count). The van der Waals surface area contributed by atoms with Crippen molar-refractivity contribution in [3.05, 3.63) is 29.3 Å². The molecule has 5 nitrogen and oxygen atoms in total. The van der Waals surface area contributed by atoms with Crippen molar-refractivity contribution in [2.45, 2.75) is 32.2 Å². The average Bonchev–Trinajstić information content (AvgIpc) is 2.47. The zero-order valence-electron chi connectivity index (χ0n) is 14.2. The van der Waals surface area contributed by atoms with Gasteiger partial charge in [-0.25, -0.2) is 0 Å². The largest absolute Gasteiger partial charge is 0.491 e. The van der Waals surface area contributed by atoms with E-state index in [1.54, 1.807) is 12.1 Å². The number of halogens is 2. The van der Waals surface area contributed by atoms with Crippen LogP contribution in [0.2, 0.25) is 5.02 Å². The van der Waals surface area contributed by atoms with Crippen LogP contribution >= 0.6 is 24.0 Å². The quantitative estimate of drug-likeness (QED) is 0.703. The van der Waals surface area contributed by atoms with Crippen LogP contribution < -0.4 is 4.74 Å². The molecule has 0 saturated carbocycles. The van der Waals surface area contributed by atoms with Crippen molar-refractivity contribution in [2.24, 2.45) is 0 Å². The number of aliphatic hydroxyl groups is 1. The Bertz CT molecular complexity index is 450. The highest BCUT2D eigenvalue weighted by atomic mass is 35.5. The molecule has 1 aliphatic heterocycles. The third-order valence-electron chi connectivity index (χ3n) is 3.58. The van der Waals surface area contributed by atoms with Crippen LogP contribution in [-0.4, -0.2) is 67.8 Å². The van der Waals surface area contributed by atoms with Gasteiger partial charge in [0, 0.05) is 24.7 Å². The summed E-state index contributed by atoms with van der Waals surface area (Å²) in [6.45, 7) is 7.61. The van der Waals surface area contributed by atoms with Gasteiger partial charge in [-0.2, -0.15) is 0 Å². The lowest BCUT2D eigenvalue weighted by molar-refractivity contribution is -0.0824. The average molecular weight is 380 g/mol. The minimum Gasteiger partial charge on any atom is -0.491 e. The highest BCUT2D eigenvalue weighted by Crippen LogP contribution is 2.15. The maximum absolute atomic E-state index is 10.1. The number of aliphatic hydroxyl groups excluding tert-OH is 1. The van der Waals surface area contributed by atoms with Crippen LogP contribution in [0.4, 0.5) is 0 Å². The molecule has 1 saturated heterocycles. The van der Waals surface area contributed by atoms with Crippen LogP contribution in [0.3, 0.4) is 0 Å². The number of rotatable bonds is 8. The molecular weight excluding hydrogens is 353 g/mol. The molecule has 0 bridgehead atoms. The topological polar surface area (TPSA) is 51.2 Å². The molecule has 1 aliphatic rings. The zero-order valence-corrected chi connectivity index (χ0v) is 15.8. The number of morpholine rings is 1. The number of nitrogens with zero attached hydrogens (tertiary/aromatic N) is 1. The Morgan fingerprint density at radius 2 is 1.83 bits per heavy atom. The fourth-order valence-electron chi connectivity index (χ4n) is 2.75. The Kier molecular flexibility index (Phi) is 9.96. The second-order valence-electron chi connectivity index (χ2n) is 6.01. The zero-order chi connectivity index (χ0) is 16.7. The molecule has 1 fully saturated rings. The molecule has 0 spiro atoms. The summed E-state index contributed by atoms with van der Waals surface area (Å²) in [4.78, 5) is 2.22. The van der Waals surface area contributed by atoms with Crippen LogP contribution in [-0.2, 0) is 9.47 Å². The number of hydrogen-bond donors (Lipinski definition) is 1. The first-order valence-electron chi connectivity index (χ1n) is 8.05. The Morgan fingerprint density at radius 1 is 1.21 bits per heavy atom. The molecule has 24 heavy (non-hydrogen) atoms. The summed E-state index contributed by atoms with van der Waals surface area (Å²) in [5.41, 5.74) is 0. The second-order valence-corrected chi connectivity index (χ2v) is 6.44. The second kappa shape index (κ2) is 11.1. The Morgan fingerprint density at radius 3 is 2.46 bits per heavy atom. The van der Waals surface area contributed by atoms with Gasteiger partial charge in [0.05, 0.1) is 31.5 Å². The Balaban J connectivity index is 0.00000288. The molecule has 1 aromatic rings. The van der Waals surface area contributed by atoms with E-state index in [2.05, 4.69) is 18.7 Å². The smallest absolute Gasteiger partial charge is 0.119 e. The van der Waals surface area contributed by atoms with Crippen molar-refractivity contribution in [1.82, 2.24) is 4.90 Å². The van der Waals surface area contributed by atoms with Gasteiger partial charge in [0.1, 0.15) is 12.4 Å². The third-order valence-corrected chi connectivity index (χ3v) is 3.84. The molecule has 138 valence electrons. The van der Waals surface area contributed by atoms with E-state index in [0.717, 1.165) is 18.8 Å². The van der Waals surface area contributed by atoms with Gasteiger partial charge >= 0.3 is 0 Å². The molecule has 0 aromatic heterocycles. The van der Waals surface area contributed by atoms with E-state index in [1.807, 2.05) is 12.1 Å². The molecular formula is C17H27Cl2NO4. The van der Waals surface area contributed by atoms with Gasteiger partial charge in [-0.3, -0.25) is 4.90 Å². The lowest BCUT2D eigenvalue weighted by Crippen LogP contribution is -2.48. The monoisotopic (exact) mass is 379 g/mol. The van der Waals surface area contributed by atoms with Gasteiger partial charge in [0.2, 0.25) is 0 Å². The van der Waals surface area contributed by atoms with Gasteiger partial charge in [-0.1, -0.05) is 11.6 Å². The van der Waals surface area contributed by atoms with Gasteiger partial charge in [-0.15, -0.1) is 12.4 Å². The molecule has 7 heteroatoms. The minimum atomic E-state index is -0.497. The maximum Gasteiger partial charge on any atom is 0.119 e. The predicted molar refractivity (Wildman–Crippen MR) is 97.5 cm³/mol. The van der Waals surface area contributed by atoms with E-state index in [9.17, 15) is 5.11 Å². The van der Waals surface area contributed by atoms with E-state index >= 15 is 0 Å². The van der Waals surface area contributed by atoms with Crippen molar-refractivity contribution >= 4 is 24.0 Å². The number of benzene rings is 1. The van der Waals surface area contributed by atoms with E-state index in [0.29, 0.717) is 31.4 Å². The van der Waals surface area contributed by atoms with Crippen molar-refractivity contribution < 1.29 is 19.3 Å². The van der Waals surface area contributed by atoms with Gasteiger partial charge in [-0.05, 0) is 38.1 Å². The van der Waals surface area contributed by atoms with E-state index < -0.39 is 6.10 Å². The molecule has 0 radical (unpaired) electrons. The SMILES string of the molecule is CC1CN(CC(O)COCCOc2ccc(Cl)cc2)CC(C)O1.Cl. The standard InChI is InChI=1S/C17H26ClNO4.ClH/c1-13-9-19(10-14(2)23-13)11-16(20)12-21-7-8-22-17-5-3-15(18)4-6-17;/h3-6,13-14,16,20H,7-12H2,1-2H3;1H. The first-order valence-corrected chi connectivity index (χ1v) is 8.42. The summed E-state index contributed by atoms with van der Waals surface area (Å²) >= 11 is 5.81. The van der Waals surface area contributed by atoms with Crippen LogP contribution in [0.5, 0.6) is 5.75 Å². The lowest BCUT2D eigenvalue weighted by atomic mass is 10.2. The van der Waals surface area contributed by atoms with E-state index in [4.69, 9.17) is 25.8 Å². The first-order chi connectivity index (χ1) is 11.0. The number of β-amino-alcohol motifs (C(OH)–C–C–N with tert-alkyl or cyclic N) is 1. The van der Waals surface area contributed by atoms with Crippen LogP contribution in [0.1, 0.15) is 13.8 Å². The fraction of sp³-hybridized carbons (Fsp3) is 0.647. The highest BCUT2D eigenvalue weighted by Gasteiger charge is 2.23. The normalized spacial score (nSPS) is 22.7. The highest BCUT2D eigenvalue weighted by molar-refractivity contribution is 6.30. The Hall–Kier alpha value is -0.560. The summed E-state index contributed by atoms with van der Waals surface area (Å²) in [5.74, 6) is 0.759. The molecule has 0 amide bonds. The van der Waals surface area contributed by atoms with Crippen molar-refractivity contribution in [1.29, 1.82) is 0 Å². The minimum absolute atomic E-state index is 0. The summed E-state index contributed by atoms with van der Waals surface area (Å²) in [7, 11) is 0. The predicted octanol–water partition coefficient (Wildman–Crippen LogP) is 2.63. The van der Waals surface area contributed by atoms with Crippen LogP contribution in [0.25, 0.3) is 0 Å². The van der Waals surface area contributed by atoms with Crippen LogP contribution in [0, 0.1) is 0 Å². The van der Waals surface area contributed by atoms with E-state index in [1.165, 1.54) is 0 Å². The van der Waals surface area contributed by atoms with Crippen molar-refractivity contribution in [2.75, 3.05) is 39.5 Å². The molecule has 3 unspecified atom stereocenters. The lowest BCUT2D eigenvalue weighted by Gasteiger charge is -2.36. The van der Waals surface area contributed by atoms with Crippen molar-refractivity contribution in [3.8, 4) is 5.75 Å². The van der Waals surface area contributed by atoms with Gasteiger partial charge < -0.3 is 19.3 Å². The summed E-state index contributed by atoms with van der Waals surface area (Å²) in [6.07, 6.45) is -0.0812. The summed E-state index contributed by atoms with van der Waals surface area (Å²) in [6, 6.07) is 7.20. The molecule has 1 heterocycles. The molecule has 1 aromatic carbocycles. The van der Waals surface area contributed by atoms with E-state index in [-0.39, 0.29) is 24.6 Å². The Labute approximate surface area is 155 Å². The number of ether oxygens (including phenoxy) is 3. The number of hydrogen-bond acceptors (Lipinski definition) is 5. The van der Waals surface area contributed by atoms with Gasteiger partial charge in [0.25, 0.3) is 0 Å². The van der Waals surface area contributed by atoms with Gasteiger partial charge in [0.15, 0.2) is 0 Å². The van der Waals surface area contributed by atoms with Crippen LogP contribution in [0.15, 0.2) is 24.3 Å². The summed E-state index contributed by atoms with van der Waals surface area (Å²) in [5, 5.41) is 10.7. The first kappa shape index (κ1) is 21.5.